The van der Waals surface area contributed by atoms with Crippen molar-refractivity contribution in [3.05, 3.63) is 30.3 Å². The van der Waals surface area contributed by atoms with Crippen LogP contribution in [0, 0.1) is 0 Å². The van der Waals surface area contributed by atoms with Gasteiger partial charge in [0.15, 0.2) is 0 Å². The van der Waals surface area contributed by atoms with Gasteiger partial charge in [-0.05, 0) is 0 Å². The van der Waals surface area contributed by atoms with Crippen molar-refractivity contribution in [3.63, 3.8) is 0 Å². The highest BCUT2D eigenvalue weighted by molar-refractivity contribution is 6.71. The molecule has 0 aliphatic rings. The first-order valence-corrected chi connectivity index (χ1v) is 6.44. The lowest BCUT2D eigenvalue weighted by Gasteiger charge is -2.04. The first kappa shape index (κ1) is 14.0. The molecule has 0 saturated heterocycles. The van der Waals surface area contributed by atoms with Crippen LogP contribution in [0.15, 0.2) is 30.3 Å². The fraction of sp³-hybridized carbons (Fsp3) is 0.455. The van der Waals surface area contributed by atoms with Crippen LogP contribution in [0.5, 0.6) is 0 Å². The molecule has 1 aromatic rings. The fourth-order valence-corrected chi connectivity index (χ4v) is 2.37. The van der Waals surface area contributed by atoms with Crippen LogP contribution in [-0.4, -0.2) is 8.80 Å². The highest BCUT2D eigenvalue weighted by Crippen LogP contribution is 1.92. The number of rotatable bonds is 2. The summed E-state index contributed by atoms with van der Waals surface area (Å²) in [7, 11) is -0.540. The van der Waals surface area contributed by atoms with E-state index in [1.807, 2.05) is 0 Å². The summed E-state index contributed by atoms with van der Waals surface area (Å²) >= 11 is 0. The molecule has 12 heavy (non-hydrogen) atoms. The topological polar surface area (TPSA) is 0 Å². The third-order valence-electron chi connectivity index (χ3n) is 1.98. The van der Waals surface area contributed by atoms with Gasteiger partial charge in [-0.2, -0.15) is 0 Å². The van der Waals surface area contributed by atoms with Crippen LogP contribution in [0.3, 0.4) is 0 Å². The summed E-state index contributed by atoms with van der Waals surface area (Å²) in [6.45, 7) is 4.68. The largest absolute Gasteiger partial charge is 0.0776 e. The molecule has 0 bridgehead atoms. The van der Waals surface area contributed by atoms with Gasteiger partial charge in [-0.25, -0.2) is 0 Å². The van der Waals surface area contributed by atoms with E-state index in [1.54, 1.807) is 5.19 Å². The van der Waals surface area contributed by atoms with Crippen LogP contribution in [0.1, 0.15) is 21.8 Å². The van der Waals surface area contributed by atoms with Gasteiger partial charge in [-0.15, -0.1) is 0 Å². The average molecular weight is 182 g/mol. The molecule has 1 heteroatoms. The van der Waals surface area contributed by atoms with Gasteiger partial charge in [-0.3, -0.25) is 0 Å². The second-order valence-corrected chi connectivity index (χ2v) is 6.01. The smallest absolute Gasteiger partial charge is 0.0675 e. The highest BCUT2D eigenvalue weighted by Gasteiger charge is 2.01. The van der Waals surface area contributed by atoms with E-state index in [0.717, 1.165) is 0 Å². The molecule has 0 heterocycles. The summed E-state index contributed by atoms with van der Waals surface area (Å²) in [5, 5.41) is 1.59. The van der Waals surface area contributed by atoms with Crippen molar-refractivity contribution in [2.24, 2.45) is 0 Å². The van der Waals surface area contributed by atoms with Gasteiger partial charge in [0.05, 0.1) is 8.80 Å². The van der Waals surface area contributed by atoms with E-state index in [-0.39, 0.29) is 14.9 Å². The van der Waals surface area contributed by atoms with Crippen molar-refractivity contribution < 1.29 is 0 Å². The Bertz CT molecular complexity index is 181. The standard InChI is InChI=1S/C9H14Si.2CH4/c1-3-10(2)9-7-5-4-6-8-9;;/h4-8,10H,3H2,1-2H3;2*1H4. The van der Waals surface area contributed by atoms with Gasteiger partial charge >= 0.3 is 0 Å². The van der Waals surface area contributed by atoms with E-state index in [4.69, 9.17) is 0 Å². The highest BCUT2D eigenvalue weighted by atomic mass is 28.3. The lowest BCUT2D eigenvalue weighted by molar-refractivity contribution is 1.43. The minimum absolute atomic E-state index is 0. The summed E-state index contributed by atoms with van der Waals surface area (Å²) in [6.07, 6.45) is 0. The molecule has 0 amide bonds. The molecule has 1 rings (SSSR count). The molecular formula is C11H22Si. The van der Waals surface area contributed by atoms with Crippen molar-refractivity contribution in [1.82, 2.24) is 0 Å². The number of hydrogen-bond donors (Lipinski definition) is 0. The molecule has 0 radical (unpaired) electrons. The summed E-state index contributed by atoms with van der Waals surface area (Å²) in [4.78, 5) is 0. The van der Waals surface area contributed by atoms with Gasteiger partial charge in [-0.1, -0.05) is 69.9 Å². The average Bonchev–Trinajstić information content (AvgIpc) is 2.05. The maximum Gasteiger partial charge on any atom is 0.0675 e. The Morgan fingerprint density at radius 2 is 1.58 bits per heavy atom. The summed E-state index contributed by atoms with van der Waals surface area (Å²) < 4.78 is 0. The minimum atomic E-state index is -0.540. The van der Waals surface area contributed by atoms with Gasteiger partial charge in [0.25, 0.3) is 0 Å². The Morgan fingerprint density at radius 3 is 2.00 bits per heavy atom. The maximum absolute atomic E-state index is 2.40. The van der Waals surface area contributed by atoms with Gasteiger partial charge in [0.1, 0.15) is 0 Å². The molecule has 0 aromatic heterocycles. The molecule has 0 saturated carbocycles. The zero-order valence-electron chi connectivity index (χ0n) is 6.67. The third-order valence-corrected chi connectivity index (χ3v) is 4.73. The molecule has 1 aromatic carbocycles. The third kappa shape index (κ3) is 3.72. The number of hydrogen-bond acceptors (Lipinski definition) is 0. The molecule has 0 nitrogen and oxygen atoms in total. The van der Waals surface area contributed by atoms with E-state index in [0.29, 0.717) is 0 Å². The summed E-state index contributed by atoms with van der Waals surface area (Å²) in [5.74, 6) is 0. The Morgan fingerprint density at radius 1 is 1.08 bits per heavy atom. The molecule has 0 aliphatic carbocycles. The van der Waals surface area contributed by atoms with Crippen molar-refractivity contribution in [2.75, 3.05) is 0 Å². The molecule has 1 unspecified atom stereocenters. The van der Waals surface area contributed by atoms with Gasteiger partial charge in [0.2, 0.25) is 0 Å². The fourth-order valence-electron chi connectivity index (χ4n) is 1.02. The SMILES string of the molecule is C.C.CC[SiH](C)c1ccccc1. The molecule has 0 spiro atoms. The van der Waals surface area contributed by atoms with E-state index < -0.39 is 8.80 Å². The van der Waals surface area contributed by atoms with E-state index in [9.17, 15) is 0 Å². The van der Waals surface area contributed by atoms with Crippen LogP contribution in [0.2, 0.25) is 12.6 Å². The molecule has 0 aliphatic heterocycles. The first-order chi connectivity index (χ1) is 4.84. The van der Waals surface area contributed by atoms with Crippen molar-refractivity contribution in [1.29, 1.82) is 0 Å². The Hall–Kier alpha value is -0.563. The van der Waals surface area contributed by atoms with Crippen LogP contribution in [0.4, 0.5) is 0 Å². The molecule has 0 fully saturated rings. The van der Waals surface area contributed by atoms with Gasteiger partial charge < -0.3 is 0 Å². The Labute approximate surface area is 79.2 Å². The van der Waals surface area contributed by atoms with Crippen LogP contribution in [-0.2, 0) is 0 Å². The van der Waals surface area contributed by atoms with Crippen molar-refractivity contribution in [2.45, 2.75) is 34.4 Å². The lowest BCUT2D eigenvalue weighted by Crippen LogP contribution is -2.24. The summed E-state index contributed by atoms with van der Waals surface area (Å²) in [6, 6.07) is 12.2. The maximum atomic E-state index is 2.40. The molecule has 1 atom stereocenters. The number of benzene rings is 1. The molecule has 0 N–H and O–H groups in total. The molecular weight excluding hydrogens is 160 g/mol. The van der Waals surface area contributed by atoms with E-state index in [2.05, 4.69) is 43.8 Å². The zero-order chi connectivity index (χ0) is 7.40. The zero-order valence-corrected chi connectivity index (χ0v) is 7.83. The second-order valence-electron chi connectivity index (χ2n) is 2.72. The predicted octanol–water partition coefficient (Wildman–Crippen LogP) is 3.04. The monoisotopic (exact) mass is 182 g/mol. The molecule has 70 valence electrons. The van der Waals surface area contributed by atoms with Crippen LogP contribution >= 0.6 is 0 Å². The normalized spacial score (nSPS) is 10.8. The predicted molar refractivity (Wildman–Crippen MR) is 63.0 cm³/mol. The second kappa shape index (κ2) is 7.11. The van der Waals surface area contributed by atoms with Crippen molar-refractivity contribution >= 4 is 14.0 Å². The van der Waals surface area contributed by atoms with Crippen LogP contribution < -0.4 is 5.19 Å². The van der Waals surface area contributed by atoms with Crippen molar-refractivity contribution in [3.8, 4) is 0 Å². The Balaban J connectivity index is 0. The minimum Gasteiger partial charge on any atom is -0.0776 e. The van der Waals surface area contributed by atoms with Crippen LogP contribution in [0.25, 0.3) is 0 Å². The Kier molecular flexibility index (Phi) is 8.28. The van der Waals surface area contributed by atoms with Gasteiger partial charge in [0, 0.05) is 0 Å². The quantitative estimate of drug-likeness (QED) is 0.617. The summed E-state index contributed by atoms with van der Waals surface area (Å²) in [5.41, 5.74) is 0. The van der Waals surface area contributed by atoms with E-state index >= 15 is 0 Å². The van der Waals surface area contributed by atoms with E-state index in [1.165, 1.54) is 6.04 Å². The first-order valence-electron chi connectivity index (χ1n) is 3.89. The lowest BCUT2D eigenvalue weighted by atomic mass is 10.4.